The van der Waals surface area contributed by atoms with E-state index in [-0.39, 0.29) is 5.82 Å². The van der Waals surface area contributed by atoms with Crippen LogP contribution >= 0.6 is 0 Å². The SMILES string of the molecule is Cc1ccc(F)cc1C1CCC(=NO)CC1. The highest BCUT2D eigenvalue weighted by Crippen LogP contribution is 2.33. The fourth-order valence-electron chi connectivity index (χ4n) is 2.41. The Morgan fingerprint density at radius 3 is 2.62 bits per heavy atom. The van der Waals surface area contributed by atoms with Crippen LogP contribution in [0.3, 0.4) is 0 Å². The number of halogens is 1. The van der Waals surface area contributed by atoms with Crippen molar-refractivity contribution in [1.29, 1.82) is 0 Å². The number of aryl methyl sites for hydroxylation is 1. The lowest BCUT2D eigenvalue weighted by atomic mass is 9.81. The van der Waals surface area contributed by atoms with E-state index in [0.29, 0.717) is 5.92 Å². The van der Waals surface area contributed by atoms with Gasteiger partial charge in [0.25, 0.3) is 0 Å². The zero-order valence-electron chi connectivity index (χ0n) is 9.41. The maximum atomic E-state index is 13.2. The molecule has 1 fully saturated rings. The maximum absolute atomic E-state index is 13.2. The molecule has 0 heterocycles. The van der Waals surface area contributed by atoms with Crippen molar-refractivity contribution in [2.75, 3.05) is 0 Å². The van der Waals surface area contributed by atoms with Gasteiger partial charge in [-0.15, -0.1) is 0 Å². The molecule has 1 saturated carbocycles. The third kappa shape index (κ3) is 2.23. The van der Waals surface area contributed by atoms with Crippen molar-refractivity contribution < 1.29 is 9.60 Å². The van der Waals surface area contributed by atoms with Gasteiger partial charge in [0.15, 0.2) is 0 Å². The van der Waals surface area contributed by atoms with Gasteiger partial charge in [-0.3, -0.25) is 0 Å². The van der Waals surface area contributed by atoms with E-state index in [4.69, 9.17) is 5.21 Å². The number of hydrogen-bond donors (Lipinski definition) is 1. The summed E-state index contributed by atoms with van der Waals surface area (Å²) in [4.78, 5) is 0. The first-order valence-corrected chi connectivity index (χ1v) is 5.66. The molecule has 1 aromatic rings. The Morgan fingerprint density at radius 1 is 1.31 bits per heavy atom. The number of oxime groups is 1. The third-order valence-corrected chi connectivity index (χ3v) is 3.39. The lowest BCUT2D eigenvalue weighted by Gasteiger charge is -2.24. The molecule has 0 atom stereocenters. The average molecular weight is 221 g/mol. The fraction of sp³-hybridized carbons (Fsp3) is 0.462. The highest BCUT2D eigenvalue weighted by Gasteiger charge is 2.21. The van der Waals surface area contributed by atoms with Gasteiger partial charge in [0.1, 0.15) is 5.82 Å². The largest absolute Gasteiger partial charge is 0.411 e. The van der Waals surface area contributed by atoms with Crippen LogP contribution in [0.2, 0.25) is 0 Å². The zero-order valence-corrected chi connectivity index (χ0v) is 9.41. The molecule has 1 N–H and O–H groups in total. The van der Waals surface area contributed by atoms with Crippen molar-refractivity contribution in [3.63, 3.8) is 0 Å². The molecule has 0 bridgehead atoms. The second-order valence-electron chi connectivity index (χ2n) is 4.44. The van der Waals surface area contributed by atoms with Gasteiger partial charge in [-0.2, -0.15) is 0 Å². The number of benzene rings is 1. The van der Waals surface area contributed by atoms with E-state index in [2.05, 4.69) is 5.16 Å². The van der Waals surface area contributed by atoms with Crippen molar-refractivity contribution in [3.8, 4) is 0 Å². The topological polar surface area (TPSA) is 32.6 Å². The Morgan fingerprint density at radius 2 is 2.00 bits per heavy atom. The molecule has 0 saturated heterocycles. The normalized spacial score (nSPS) is 20.9. The summed E-state index contributed by atoms with van der Waals surface area (Å²) in [5.74, 6) is 0.239. The van der Waals surface area contributed by atoms with E-state index in [1.165, 1.54) is 6.07 Å². The molecule has 2 nitrogen and oxygen atoms in total. The summed E-state index contributed by atoms with van der Waals surface area (Å²) in [5, 5.41) is 11.9. The van der Waals surface area contributed by atoms with Gasteiger partial charge in [0.2, 0.25) is 0 Å². The maximum Gasteiger partial charge on any atom is 0.123 e. The van der Waals surface area contributed by atoms with E-state index in [9.17, 15) is 4.39 Å². The molecule has 1 aliphatic rings. The molecule has 86 valence electrons. The fourth-order valence-corrected chi connectivity index (χ4v) is 2.41. The van der Waals surface area contributed by atoms with Crippen LogP contribution in [-0.4, -0.2) is 10.9 Å². The minimum absolute atomic E-state index is 0.165. The zero-order chi connectivity index (χ0) is 11.5. The summed E-state index contributed by atoms with van der Waals surface area (Å²) in [5.41, 5.74) is 3.12. The molecule has 0 spiro atoms. The van der Waals surface area contributed by atoms with E-state index < -0.39 is 0 Å². The van der Waals surface area contributed by atoms with Crippen molar-refractivity contribution in [3.05, 3.63) is 35.1 Å². The first-order valence-electron chi connectivity index (χ1n) is 5.66. The summed E-state index contributed by atoms with van der Waals surface area (Å²) in [6, 6.07) is 4.98. The Hall–Kier alpha value is -1.38. The van der Waals surface area contributed by atoms with Crippen LogP contribution in [0.15, 0.2) is 23.4 Å². The first-order chi connectivity index (χ1) is 7.70. The summed E-state index contributed by atoms with van der Waals surface area (Å²) in [6.45, 7) is 2.02. The molecule has 3 heteroatoms. The molecule has 0 unspecified atom stereocenters. The van der Waals surface area contributed by atoms with Crippen LogP contribution in [0.4, 0.5) is 4.39 Å². The minimum atomic E-state index is -0.165. The third-order valence-electron chi connectivity index (χ3n) is 3.39. The average Bonchev–Trinajstić information content (AvgIpc) is 2.32. The quantitative estimate of drug-likeness (QED) is 0.570. The molecule has 0 radical (unpaired) electrons. The second kappa shape index (κ2) is 4.64. The Balaban J connectivity index is 2.16. The van der Waals surface area contributed by atoms with Crippen LogP contribution in [0.1, 0.15) is 42.7 Å². The summed E-state index contributed by atoms with van der Waals surface area (Å²) < 4.78 is 13.2. The Labute approximate surface area is 94.8 Å². The van der Waals surface area contributed by atoms with Crippen LogP contribution < -0.4 is 0 Å². The highest BCUT2D eigenvalue weighted by molar-refractivity contribution is 5.84. The Bertz CT molecular complexity index is 404. The van der Waals surface area contributed by atoms with Crippen molar-refractivity contribution in [1.82, 2.24) is 0 Å². The molecule has 0 amide bonds. The van der Waals surface area contributed by atoms with E-state index in [1.54, 1.807) is 6.07 Å². The van der Waals surface area contributed by atoms with Gasteiger partial charge < -0.3 is 5.21 Å². The Kier molecular flexibility index (Phi) is 3.22. The van der Waals surface area contributed by atoms with Crippen molar-refractivity contribution in [2.45, 2.75) is 38.5 Å². The lowest BCUT2D eigenvalue weighted by molar-refractivity contribution is 0.313. The predicted molar refractivity (Wildman–Crippen MR) is 61.6 cm³/mol. The van der Waals surface area contributed by atoms with Crippen LogP contribution in [0.5, 0.6) is 0 Å². The molecular weight excluding hydrogens is 205 g/mol. The van der Waals surface area contributed by atoms with Crippen LogP contribution in [0, 0.1) is 12.7 Å². The molecule has 16 heavy (non-hydrogen) atoms. The van der Waals surface area contributed by atoms with Gasteiger partial charge in [0.05, 0.1) is 5.71 Å². The van der Waals surface area contributed by atoms with Gasteiger partial charge in [-0.25, -0.2) is 4.39 Å². The molecule has 1 aliphatic carbocycles. The molecule has 0 aromatic heterocycles. The predicted octanol–water partition coefficient (Wildman–Crippen LogP) is 3.62. The van der Waals surface area contributed by atoms with Gasteiger partial charge in [-0.05, 0) is 61.8 Å². The van der Waals surface area contributed by atoms with Gasteiger partial charge >= 0.3 is 0 Å². The van der Waals surface area contributed by atoms with Crippen LogP contribution in [0.25, 0.3) is 0 Å². The summed E-state index contributed by atoms with van der Waals surface area (Å²) >= 11 is 0. The summed E-state index contributed by atoms with van der Waals surface area (Å²) in [6.07, 6.45) is 3.53. The minimum Gasteiger partial charge on any atom is -0.411 e. The highest BCUT2D eigenvalue weighted by atomic mass is 19.1. The van der Waals surface area contributed by atoms with E-state index >= 15 is 0 Å². The smallest absolute Gasteiger partial charge is 0.123 e. The van der Waals surface area contributed by atoms with Crippen LogP contribution in [-0.2, 0) is 0 Å². The number of rotatable bonds is 1. The van der Waals surface area contributed by atoms with E-state index in [1.807, 2.05) is 13.0 Å². The molecule has 2 rings (SSSR count). The lowest BCUT2D eigenvalue weighted by Crippen LogP contribution is -2.13. The van der Waals surface area contributed by atoms with Crippen molar-refractivity contribution >= 4 is 5.71 Å². The van der Waals surface area contributed by atoms with Gasteiger partial charge in [0, 0.05) is 0 Å². The van der Waals surface area contributed by atoms with E-state index in [0.717, 1.165) is 42.5 Å². The van der Waals surface area contributed by atoms with Crippen molar-refractivity contribution in [2.24, 2.45) is 5.16 Å². The summed E-state index contributed by atoms with van der Waals surface area (Å²) in [7, 11) is 0. The number of nitrogens with zero attached hydrogens (tertiary/aromatic N) is 1. The number of hydrogen-bond acceptors (Lipinski definition) is 2. The first kappa shape index (κ1) is 11.1. The second-order valence-corrected chi connectivity index (χ2v) is 4.44. The van der Waals surface area contributed by atoms with Gasteiger partial charge in [-0.1, -0.05) is 11.2 Å². The monoisotopic (exact) mass is 221 g/mol. The standard InChI is InChI=1S/C13H16FNO/c1-9-2-5-11(14)8-13(9)10-3-6-12(15-16)7-4-10/h2,5,8,10,16H,3-4,6-7H2,1H3. The molecule has 0 aliphatic heterocycles. The molecular formula is C13H16FNO. The molecule has 1 aromatic carbocycles.